The Morgan fingerprint density at radius 3 is 2.63 bits per heavy atom. The second-order valence-corrected chi connectivity index (χ2v) is 10.8. The van der Waals surface area contributed by atoms with Crippen LogP contribution in [0.2, 0.25) is 0 Å². The Bertz CT molecular complexity index is 1530. The van der Waals surface area contributed by atoms with Gasteiger partial charge in [0.1, 0.15) is 0 Å². The van der Waals surface area contributed by atoms with Crippen LogP contribution in [0.25, 0.3) is 33.2 Å². The maximum absolute atomic E-state index is 12.4. The zero-order valence-corrected chi connectivity index (χ0v) is 22.2. The number of benzene rings is 1. The van der Waals surface area contributed by atoms with Crippen molar-refractivity contribution in [1.82, 2.24) is 30.1 Å². The number of fused-ring (bicyclic) bond motifs is 2. The molecule has 4 aromatic rings. The largest absolute Gasteiger partial charge is 0.441 e. The molecule has 1 aromatic carbocycles. The number of likely N-dealkylation sites (tertiary alicyclic amines) is 1. The third kappa shape index (κ3) is 4.09. The Hall–Kier alpha value is -3.92. The standard InChI is InChI=1S/C28H34N8O2/c1-15(2)23-20-13-17(5-6-22(20)32-24(23)19-7-10-30-26-21(19)14-31-33-26)27-34-36(28(38-27)25(29)37)18-8-11-35(12-9-18)16(3)4/h5-7,10,13-16,18,28,32H,8-9,11-12H2,1-4H3,(H2,29,37)(H,30,31,33). The van der Waals surface area contributed by atoms with Crippen LogP contribution < -0.4 is 5.73 Å². The number of hydrazone groups is 1. The molecule has 1 unspecified atom stereocenters. The lowest BCUT2D eigenvalue weighted by molar-refractivity contribution is -0.134. The van der Waals surface area contributed by atoms with Gasteiger partial charge in [-0.3, -0.25) is 9.89 Å². The second kappa shape index (κ2) is 9.43. The first-order chi connectivity index (χ1) is 18.3. The normalized spacial score (nSPS) is 19.2. The minimum Gasteiger partial charge on any atom is -0.441 e. The maximum atomic E-state index is 12.4. The summed E-state index contributed by atoms with van der Waals surface area (Å²) in [6.07, 6.45) is 4.53. The number of ether oxygens (including phenoxy) is 1. The first-order valence-electron chi connectivity index (χ1n) is 13.3. The SMILES string of the molecule is CC(C)c1c(-c2ccnc3[nH]ncc23)[nH]c2ccc(C3=NN(C4CCN(C(C)C)CC4)C(C(N)=O)O3)cc12. The van der Waals surface area contributed by atoms with Gasteiger partial charge in [0.15, 0.2) is 5.65 Å². The Balaban J connectivity index is 1.38. The monoisotopic (exact) mass is 514 g/mol. The quantitative estimate of drug-likeness (QED) is 0.358. The number of aromatic nitrogens is 4. The van der Waals surface area contributed by atoms with Crippen molar-refractivity contribution in [3.63, 3.8) is 0 Å². The van der Waals surface area contributed by atoms with E-state index in [4.69, 9.17) is 15.6 Å². The maximum Gasteiger partial charge on any atom is 0.281 e. The van der Waals surface area contributed by atoms with E-state index in [9.17, 15) is 4.79 Å². The molecule has 10 nitrogen and oxygen atoms in total. The summed E-state index contributed by atoms with van der Waals surface area (Å²) in [5.41, 5.74) is 11.6. The summed E-state index contributed by atoms with van der Waals surface area (Å²) in [7, 11) is 0. The van der Waals surface area contributed by atoms with Crippen LogP contribution in [-0.4, -0.2) is 73.3 Å². The van der Waals surface area contributed by atoms with Crippen LogP contribution >= 0.6 is 0 Å². The van der Waals surface area contributed by atoms with E-state index < -0.39 is 12.1 Å². The highest BCUT2D eigenvalue weighted by Crippen LogP contribution is 2.38. The van der Waals surface area contributed by atoms with Crippen molar-refractivity contribution in [3.8, 4) is 11.3 Å². The average Bonchev–Trinajstić information content (AvgIpc) is 3.64. The highest BCUT2D eigenvalue weighted by molar-refractivity contribution is 6.03. The lowest BCUT2D eigenvalue weighted by atomic mass is 9.95. The van der Waals surface area contributed by atoms with Gasteiger partial charge in [0.2, 0.25) is 5.90 Å². The minimum atomic E-state index is -0.895. The lowest BCUT2D eigenvalue weighted by Gasteiger charge is -2.38. The van der Waals surface area contributed by atoms with Crippen LogP contribution in [0.5, 0.6) is 0 Å². The van der Waals surface area contributed by atoms with Crippen molar-refractivity contribution in [1.29, 1.82) is 0 Å². The number of pyridine rings is 1. The second-order valence-electron chi connectivity index (χ2n) is 10.8. The van der Waals surface area contributed by atoms with Crippen molar-refractivity contribution < 1.29 is 9.53 Å². The summed E-state index contributed by atoms with van der Waals surface area (Å²) in [6, 6.07) is 8.75. The van der Waals surface area contributed by atoms with Gasteiger partial charge >= 0.3 is 0 Å². The van der Waals surface area contributed by atoms with E-state index in [-0.39, 0.29) is 12.0 Å². The molecule has 5 heterocycles. The van der Waals surface area contributed by atoms with Gasteiger partial charge < -0.3 is 20.4 Å². The summed E-state index contributed by atoms with van der Waals surface area (Å²) in [6.45, 7) is 10.7. The van der Waals surface area contributed by atoms with E-state index in [2.05, 4.69) is 58.8 Å². The van der Waals surface area contributed by atoms with Gasteiger partial charge in [0.05, 0.1) is 17.9 Å². The van der Waals surface area contributed by atoms with Crippen LogP contribution in [-0.2, 0) is 9.53 Å². The molecule has 1 saturated heterocycles. The molecule has 6 rings (SSSR count). The molecule has 4 N–H and O–H groups in total. The number of rotatable bonds is 6. The molecular weight excluding hydrogens is 480 g/mol. The van der Waals surface area contributed by atoms with Gasteiger partial charge in [-0.2, -0.15) is 5.10 Å². The van der Waals surface area contributed by atoms with Gasteiger partial charge in [0.25, 0.3) is 12.1 Å². The molecule has 0 radical (unpaired) electrons. The van der Waals surface area contributed by atoms with Gasteiger partial charge in [-0.15, -0.1) is 5.10 Å². The highest BCUT2D eigenvalue weighted by atomic mass is 16.5. The number of carbonyl (C=O) groups is 1. The zero-order valence-electron chi connectivity index (χ0n) is 22.2. The summed E-state index contributed by atoms with van der Waals surface area (Å²) in [5.74, 6) is 0.155. The molecule has 0 bridgehead atoms. The average molecular weight is 515 g/mol. The predicted molar refractivity (Wildman–Crippen MR) is 147 cm³/mol. The lowest BCUT2D eigenvalue weighted by Crippen LogP contribution is -2.50. The fraction of sp³-hybridized carbons (Fsp3) is 0.429. The number of hydrogen-bond donors (Lipinski definition) is 3. The van der Waals surface area contributed by atoms with Crippen molar-refractivity contribution in [2.24, 2.45) is 10.8 Å². The minimum absolute atomic E-state index is 0.109. The van der Waals surface area contributed by atoms with Crippen molar-refractivity contribution in [2.75, 3.05) is 13.1 Å². The molecule has 0 saturated carbocycles. The van der Waals surface area contributed by atoms with E-state index in [1.807, 2.05) is 24.4 Å². The Labute approximate surface area is 221 Å². The predicted octanol–water partition coefficient (Wildman–Crippen LogP) is 3.91. The molecule has 2 aliphatic rings. The van der Waals surface area contributed by atoms with Crippen molar-refractivity contribution in [2.45, 2.75) is 64.8 Å². The van der Waals surface area contributed by atoms with Crippen LogP contribution in [0.3, 0.4) is 0 Å². The Morgan fingerprint density at radius 2 is 1.92 bits per heavy atom. The number of piperidine rings is 1. The molecule has 10 heteroatoms. The van der Waals surface area contributed by atoms with Crippen LogP contribution in [0.4, 0.5) is 0 Å². The first-order valence-corrected chi connectivity index (χ1v) is 13.3. The third-order valence-corrected chi connectivity index (χ3v) is 7.80. The molecule has 0 spiro atoms. The van der Waals surface area contributed by atoms with Crippen LogP contribution in [0.15, 0.2) is 41.8 Å². The topological polar surface area (TPSA) is 129 Å². The number of nitrogens with one attached hydrogen (secondary N) is 2. The zero-order chi connectivity index (χ0) is 26.6. The Morgan fingerprint density at radius 1 is 1.13 bits per heavy atom. The van der Waals surface area contributed by atoms with Gasteiger partial charge in [-0.25, -0.2) is 9.99 Å². The molecular formula is C28H34N8O2. The molecule has 1 amide bonds. The summed E-state index contributed by atoms with van der Waals surface area (Å²) >= 11 is 0. The molecule has 0 aliphatic carbocycles. The summed E-state index contributed by atoms with van der Waals surface area (Å²) in [5, 5.41) is 15.8. The summed E-state index contributed by atoms with van der Waals surface area (Å²) in [4.78, 5) is 22.8. The van der Waals surface area contributed by atoms with E-state index in [1.54, 1.807) is 11.2 Å². The Kier molecular flexibility index (Phi) is 6.06. The molecule has 2 aliphatic heterocycles. The van der Waals surface area contributed by atoms with Gasteiger partial charge in [0, 0.05) is 52.7 Å². The van der Waals surface area contributed by atoms with E-state index in [0.29, 0.717) is 11.9 Å². The van der Waals surface area contributed by atoms with Gasteiger partial charge in [-0.05, 0) is 62.4 Å². The molecule has 1 fully saturated rings. The number of nitrogens with two attached hydrogens (primary N) is 1. The van der Waals surface area contributed by atoms with E-state index in [1.165, 1.54) is 5.56 Å². The van der Waals surface area contributed by atoms with E-state index in [0.717, 1.165) is 64.7 Å². The number of primary amides is 1. The molecule has 38 heavy (non-hydrogen) atoms. The van der Waals surface area contributed by atoms with Crippen molar-refractivity contribution >= 4 is 33.7 Å². The van der Waals surface area contributed by atoms with E-state index >= 15 is 0 Å². The fourth-order valence-corrected chi connectivity index (χ4v) is 5.82. The summed E-state index contributed by atoms with van der Waals surface area (Å²) < 4.78 is 6.09. The number of aromatic amines is 2. The third-order valence-electron chi connectivity index (χ3n) is 7.80. The highest BCUT2D eigenvalue weighted by Gasteiger charge is 2.39. The smallest absolute Gasteiger partial charge is 0.281 e. The molecule has 1 atom stereocenters. The van der Waals surface area contributed by atoms with Crippen molar-refractivity contribution in [3.05, 3.63) is 47.8 Å². The molecule has 198 valence electrons. The van der Waals surface area contributed by atoms with Gasteiger partial charge in [-0.1, -0.05) is 13.8 Å². The van der Waals surface area contributed by atoms with Crippen LogP contribution in [0, 0.1) is 0 Å². The number of nitrogens with zero attached hydrogens (tertiary/aromatic N) is 5. The first kappa shape index (κ1) is 24.4. The fourth-order valence-electron chi connectivity index (χ4n) is 5.82. The number of hydrogen-bond acceptors (Lipinski definition) is 7. The number of amides is 1. The number of H-pyrrole nitrogens is 2. The number of carbonyl (C=O) groups excluding carboxylic acids is 1. The molecule has 3 aromatic heterocycles. The van der Waals surface area contributed by atoms with Crippen LogP contribution in [0.1, 0.15) is 57.6 Å².